The molecule has 2 atom stereocenters. The van der Waals surface area contributed by atoms with Gasteiger partial charge in [-0.3, -0.25) is 4.79 Å². The van der Waals surface area contributed by atoms with E-state index in [0.29, 0.717) is 17.0 Å². The molecule has 0 fully saturated rings. The first kappa shape index (κ1) is 27.1. The molecule has 1 unspecified atom stereocenters. The van der Waals surface area contributed by atoms with Gasteiger partial charge in [-0.1, -0.05) is 48.5 Å². The molecular weight excluding hydrogens is 530 g/mol. The molecule has 0 bridgehead atoms. The molecule has 3 aromatic rings. The van der Waals surface area contributed by atoms with E-state index < -0.39 is 42.4 Å². The number of sulfonamides is 1. The van der Waals surface area contributed by atoms with Crippen LogP contribution in [0, 0.1) is 0 Å². The van der Waals surface area contributed by atoms with Crippen LogP contribution in [0.5, 0.6) is 5.75 Å². The molecule has 10 nitrogen and oxygen atoms in total. The van der Waals surface area contributed by atoms with E-state index in [0.717, 1.165) is 5.56 Å². The first-order chi connectivity index (χ1) is 18.0. The van der Waals surface area contributed by atoms with Crippen LogP contribution in [-0.4, -0.2) is 53.6 Å². The molecule has 0 spiro atoms. The van der Waals surface area contributed by atoms with E-state index in [1.807, 2.05) is 4.72 Å². The third kappa shape index (κ3) is 5.65. The number of likely N-dealkylation sites (N-methyl/N-ethyl adjacent to an activating group) is 1. The summed E-state index contributed by atoms with van der Waals surface area (Å²) in [7, 11) is -5.81. The maximum Gasteiger partial charge on any atom is 0.329 e. The van der Waals surface area contributed by atoms with Crippen molar-refractivity contribution in [1.82, 2.24) is 10.0 Å². The van der Waals surface area contributed by atoms with Crippen molar-refractivity contribution in [3.63, 3.8) is 0 Å². The van der Waals surface area contributed by atoms with Crippen LogP contribution in [0.4, 0.5) is 10.5 Å². The van der Waals surface area contributed by atoms with E-state index in [1.165, 1.54) is 37.3 Å². The second-order valence-electron chi connectivity index (χ2n) is 8.74. The topological polar surface area (TPSA) is 139 Å². The normalized spacial score (nSPS) is 16.6. The summed E-state index contributed by atoms with van der Waals surface area (Å²) in [5, 5.41) is 2.43. The monoisotopic (exact) mass is 557 g/mol. The summed E-state index contributed by atoms with van der Waals surface area (Å²) in [4.78, 5) is 27.5. The highest BCUT2D eigenvalue weighted by atomic mass is 32.3. The molecular formula is C26H27N3O7S2. The number of nitrogens with one attached hydrogen (secondary N) is 2. The first-order valence-corrected chi connectivity index (χ1v) is 14.7. The van der Waals surface area contributed by atoms with Crippen molar-refractivity contribution >= 4 is 37.5 Å². The van der Waals surface area contributed by atoms with Gasteiger partial charge in [0.25, 0.3) is 10.0 Å². The Bertz CT molecular complexity index is 1540. The molecule has 1 aliphatic rings. The Morgan fingerprint density at radius 3 is 2.26 bits per heavy atom. The third-order valence-corrected chi connectivity index (χ3v) is 11.0. The molecule has 12 heteroatoms. The lowest BCUT2D eigenvalue weighted by Crippen LogP contribution is -2.54. The van der Waals surface area contributed by atoms with Gasteiger partial charge in [0.2, 0.25) is 5.91 Å². The number of rotatable bonds is 8. The zero-order valence-electron chi connectivity index (χ0n) is 20.7. The average Bonchev–Trinajstić information content (AvgIpc) is 3.19. The number of sulfone groups is 1. The smallest absolute Gasteiger partial charge is 0.329 e. The maximum atomic E-state index is 13.4. The van der Waals surface area contributed by atoms with Gasteiger partial charge in [0.05, 0.1) is 12.0 Å². The SMILES string of the molecule is COc1ccc(N(C)C(=O)[C@H](Cc2ccccc2)NC(=O)NS(=O)(=O)C2Cc3ccccc3S2(=O)=O)cc1. The highest BCUT2D eigenvalue weighted by Gasteiger charge is 2.46. The number of hydrogen-bond acceptors (Lipinski definition) is 7. The average molecular weight is 558 g/mol. The van der Waals surface area contributed by atoms with Gasteiger partial charge in [-0.05, 0) is 41.5 Å². The fourth-order valence-corrected chi connectivity index (χ4v) is 8.36. The third-order valence-electron chi connectivity index (χ3n) is 6.27. The number of ether oxygens (including phenoxy) is 1. The minimum absolute atomic E-state index is 0.0702. The molecule has 3 amide bonds. The van der Waals surface area contributed by atoms with Crippen LogP contribution in [0.1, 0.15) is 11.1 Å². The van der Waals surface area contributed by atoms with Crippen LogP contribution in [0.2, 0.25) is 0 Å². The highest BCUT2D eigenvalue weighted by molar-refractivity contribution is 8.08. The van der Waals surface area contributed by atoms with Crippen molar-refractivity contribution in [1.29, 1.82) is 0 Å². The number of amides is 3. The molecule has 0 aromatic heterocycles. The number of hydrogen-bond donors (Lipinski definition) is 2. The lowest BCUT2D eigenvalue weighted by molar-refractivity contribution is -0.120. The summed E-state index contributed by atoms with van der Waals surface area (Å²) in [6.45, 7) is 0. The zero-order chi connectivity index (χ0) is 27.5. The van der Waals surface area contributed by atoms with Crippen molar-refractivity contribution in [3.8, 4) is 5.75 Å². The quantitative estimate of drug-likeness (QED) is 0.433. The van der Waals surface area contributed by atoms with Crippen LogP contribution in [0.3, 0.4) is 0 Å². The summed E-state index contributed by atoms with van der Waals surface area (Å²) in [6, 6.07) is 19.2. The fourth-order valence-electron chi connectivity index (χ4n) is 4.26. The van der Waals surface area contributed by atoms with Gasteiger partial charge in [0.1, 0.15) is 11.8 Å². The minimum atomic E-state index is -4.65. The molecule has 0 radical (unpaired) electrons. The summed E-state index contributed by atoms with van der Waals surface area (Å²) in [5.41, 5.74) is 1.62. The second-order valence-corrected chi connectivity index (χ2v) is 13.0. The van der Waals surface area contributed by atoms with Gasteiger partial charge in [0.15, 0.2) is 14.4 Å². The number of fused-ring (bicyclic) bond motifs is 1. The molecule has 0 aliphatic carbocycles. The molecule has 0 saturated carbocycles. The van der Waals surface area contributed by atoms with Gasteiger partial charge in [-0.25, -0.2) is 26.4 Å². The Morgan fingerprint density at radius 1 is 1.00 bits per heavy atom. The van der Waals surface area contributed by atoms with Crippen molar-refractivity contribution in [3.05, 3.63) is 90.0 Å². The standard InChI is InChI=1S/C26H27N3O7S2/c1-29(20-12-14-21(36-2)15-13-20)25(30)22(16-18-8-4-3-5-9-18)27-26(31)28-38(34,35)24-17-19-10-6-7-11-23(19)37(24,32)33/h3-15,22,24H,16-17H2,1-2H3,(H2,27,28,31)/t22-,24?/m0/s1. The van der Waals surface area contributed by atoms with Crippen molar-refractivity contribution in [2.45, 2.75) is 28.4 Å². The van der Waals surface area contributed by atoms with Crippen molar-refractivity contribution < 1.29 is 31.2 Å². The fraction of sp³-hybridized carbons (Fsp3) is 0.231. The molecule has 38 heavy (non-hydrogen) atoms. The number of carbonyl (C=O) groups excluding carboxylic acids is 2. The highest BCUT2D eigenvalue weighted by Crippen LogP contribution is 2.33. The van der Waals surface area contributed by atoms with Gasteiger partial charge in [-0.2, -0.15) is 0 Å². The molecule has 2 N–H and O–H groups in total. The van der Waals surface area contributed by atoms with E-state index in [9.17, 15) is 26.4 Å². The van der Waals surface area contributed by atoms with Gasteiger partial charge in [0, 0.05) is 25.6 Å². The number of nitrogens with zero attached hydrogens (tertiary/aromatic N) is 1. The number of anilines is 1. The van der Waals surface area contributed by atoms with Gasteiger partial charge < -0.3 is 15.0 Å². The van der Waals surface area contributed by atoms with Gasteiger partial charge in [-0.15, -0.1) is 0 Å². The van der Waals surface area contributed by atoms with E-state index in [-0.39, 0.29) is 17.7 Å². The van der Waals surface area contributed by atoms with Crippen LogP contribution in [-0.2, 0) is 37.5 Å². The Labute approximate surface area is 221 Å². The van der Waals surface area contributed by atoms with Crippen molar-refractivity contribution in [2.75, 3.05) is 19.1 Å². The molecule has 1 heterocycles. The maximum absolute atomic E-state index is 13.4. The Balaban J connectivity index is 1.54. The van der Waals surface area contributed by atoms with Gasteiger partial charge >= 0.3 is 6.03 Å². The van der Waals surface area contributed by atoms with E-state index in [2.05, 4.69) is 5.32 Å². The van der Waals surface area contributed by atoms with Crippen LogP contribution >= 0.6 is 0 Å². The Morgan fingerprint density at radius 2 is 1.63 bits per heavy atom. The lowest BCUT2D eigenvalue weighted by atomic mass is 10.0. The van der Waals surface area contributed by atoms with Crippen LogP contribution in [0.25, 0.3) is 0 Å². The van der Waals surface area contributed by atoms with E-state index >= 15 is 0 Å². The Kier molecular flexibility index (Phi) is 7.74. The van der Waals surface area contributed by atoms with Crippen LogP contribution in [0.15, 0.2) is 83.8 Å². The first-order valence-electron chi connectivity index (χ1n) is 11.6. The minimum Gasteiger partial charge on any atom is -0.497 e. The van der Waals surface area contributed by atoms with Crippen LogP contribution < -0.4 is 19.7 Å². The van der Waals surface area contributed by atoms with Crippen molar-refractivity contribution in [2.24, 2.45) is 0 Å². The molecule has 1 aliphatic heterocycles. The summed E-state index contributed by atoms with van der Waals surface area (Å²) >= 11 is 0. The number of carbonyl (C=O) groups is 2. The van der Waals surface area contributed by atoms with E-state index in [1.54, 1.807) is 60.7 Å². The summed E-state index contributed by atoms with van der Waals surface area (Å²) in [5.74, 6) is 0.0922. The predicted octanol–water partition coefficient (Wildman–Crippen LogP) is 2.25. The zero-order valence-corrected chi connectivity index (χ0v) is 22.3. The number of benzene rings is 3. The predicted molar refractivity (Wildman–Crippen MR) is 142 cm³/mol. The van der Waals surface area contributed by atoms with E-state index in [4.69, 9.17) is 4.74 Å². The Hall–Kier alpha value is -3.90. The number of methoxy groups -OCH3 is 1. The lowest BCUT2D eigenvalue weighted by Gasteiger charge is -2.25. The largest absolute Gasteiger partial charge is 0.497 e. The molecule has 200 valence electrons. The molecule has 4 rings (SSSR count). The second kappa shape index (κ2) is 10.8. The number of urea groups is 1. The molecule has 3 aromatic carbocycles. The molecule has 0 saturated heterocycles. The summed E-state index contributed by atoms with van der Waals surface area (Å²) < 4.78 is 56.8. The summed E-state index contributed by atoms with van der Waals surface area (Å²) in [6.07, 6.45) is -0.214.